The van der Waals surface area contributed by atoms with Crippen LogP contribution in [0.4, 0.5) is 0 Å². The van der Waals surface area contributed by atoms with Crippen LogP contribution in [0.5, 0.6) is 0 Å². The first-order valence-electron chi connectivity index (χ1n) is 10.8. The number of amides is 1. The summed E-state index contributed by atoms with van der Waals surface area (Å²) in [5.74, 6) is -0.367. The Morgan fingerprint density at radius 3 is 2.39 bits per heavy atom. The quantitative estimate of drug-likeness (QED) is 0.576. The Hall–Kier alpha value is -2.29. The molecule has 6 nitrogen and oxygen atoms in total. The van der Waals surface area contributed by atoms with Gasteiger partial charge in [0, 0.05) is 25.2 Å². The average Bonchev–Trinajstić information content (AvgIpc) is 3.16. The van der Waals surface area contributed by atoms with Crippen LogP contribution >= 0.6 is 11.3 Å². The van der Waals surface area contributed by atoms with E-state index in [-0.39, 0.29) is 10.8 Å². The van der Waals surface area contributed by atoms with Gasteiger partial charge in [0.2, 0.25) is 10.0 Å². The minimum Gasteiger partial charge on any atom is -0.316 e. The highest BCUT2D eigenvalue weighted by atomic mass is 32.2. The summed E-state index contributed by atoms with van der Waals surface area (Å²) in [6.07, 6.45) is 3.76. The molecule has 0 unspecified atom stereocenters. The van der Waals surface area contributed by atoms with Crippen molar-refractivity contribution in [2.75, 3.05) is 13.1 Å². The molecule has 8 heteroatoms. The van der Waals surface area contributed by atoms with Gasteiger partial charge in [-0.25, -0.2) is 8.42 Å². The summed E-state index contributed by atoms with van der Waals surface area (Å²) in [5.41, 5.74) is 2.75. The van der Waals surface area contributed by atoms with Gasteiger partial charge in [0.15, 0.2) is 4.80 Å². The number of hydrogen-bond donors (Lipinski definition) is 0. The maximum atomic E-state index is 12.8. The fourth-order valence-corrected chi connectivity index (χ4v) is 6.70. The maximum Gasteiger partial charge on any atom is 0.279 e. The van der Waals surface area contributed by atoms with Crippen molar-refractivity contribution in [1.29, 1.82) is 0 Å². The number of para-hydroxylation sites is 1. The molecule has 1 aromatic heterocycles. The first-order chi connectivity index (χ1) is 15.0. The first-order valence-corrected chi connectivity index (χ1v) is 13.0. The van der Waals surface area contributed by atoms with Gasteiger partial charge in [0.25, 0.3) is 5.91 Å². The lowest BCUT2D eigenvalue weighted by Gasteiger charge is -2.25. The van der Waals surface area contributed by atoms with Crippen LogP contribution < -0.4 is 4.80 Å². The Balaban J connectivity index is 1.66. The molecule has 164 valence electrons. The van der Waals surface area contributed by atoms with Gasteiger partial charge >= 0.3 is 0 Å². The molecule has 1 saturated heterocycles. The number of fused-ring (bicyclic) bond motifs is 1. The highest BCUT2D eigenvalue weighted by molar-refractivity contribution is 7.89. The number of nitrogens with zero attached hydrogens (tertiary/aromatic N) is 3. The molecule has 0 bridgehead atoms. The molecule has 2 aromatic carbocycles. The number of aryl methyl sites for hydroxylation is 2. The molecule has 1 fully saturated rings. The van der Waals surface area contributed by atoms with E-state index in [0.717, 1.165) is 42.4 Å². The molecule has 1 aliphatic heterocycles. The fourth-order valence-electron chi connectivity index (χ4n) is 4.04. The number of aromatic nitrogens is 1. The third-order valence-electron chi connectivity index (χ3n) is 5.73. The van der Waals surface area contributed by atoms with Crippen molar-refractivity contribution in [2.24, 2.45) is 4.99 Å². The molecule has 4 rings (SSSR count). The predicted molar refractivity (Wildman–Crippen MR) is 124 cm³/mol. The van der Waals surface area contributed by atoms with Crippen LogP contribution in [-0.2, 0) is 23.0 Å². The second-order valence-electron chi connectivity index (χ2n) is 7.65. The van der Waals surface area contributed by atoms with Crippen molar-refractivity contribution >= 4 is 37.5 Å². The van der Waals surface area contributed by atoms with E-state index < -0.39 is 10.0 Å². The minimum absolute atomic E-state index is 0.226. The van der Waals surface area contributed by atoms with E-state index in [2.05, 4.69) is 28.6 Å². The first kappa shape index (κ1) is 21.9. The van der Waals surface area contributed by atoms with Crippen molar-refractivity contribution in [3.63, 3.8) is 0 Å². The molecular weight excluding hydrogens is 430 g/mol. The van der Waals surface area contributed by atoms with E-state index in [1.54, 1.807) is 12.1 Å². The van der Waals surface area contributed by atoms with Crippen molar-refractivity contribution in [3.05, 3.63) is 58.4 Å². The second-order valence-corrected chi connectivity index (χ2v) is 10.6. The Morgan fingerprint density at radius 2 is 1.74 bits per heavy atom. The lowest BCUT2D eigenvalue weighted by molar-refractivity contribution is 0.0997. The maximum absolute atomic E-state index is 12.8. The number of hydrogen-bond acceptors (Lipinski definition) is 4. The van der Waals surface area contributed by atoms with Crippen LogP contribution in [0.1, 0.15) is 49.0 Å². The van der Waals surface area contributed by atoms with E-state index >= 15 is 0 Å². The SMILES string of the molecule is CCc1cccc2sc(=NC(=O)c3ccc(S(=O)(=O)N4CCCCC4)cc3)n(CC)c12. The molecule has 1 amide bonds. The highest BCUT2D eigenvalue weighted by Crippen LogP contribution is 2.23. The number of carbonyl (C=O) groups is 1. The standard InChI is InChI=1S/C23H27N3O3S2/c1-3-17-9-8-10-20-21(17)26(4-2)23(30-20)24-22(27)18-11-13-19(14-12-18)31(28,29)25-15-6-5-7-16-25/h8-14H,3-7,15-16H2,1-2H3. The summed E-state index contributed by atoms with van der Waals surface area (Å²) in [6.45, 7) is 5.99. The molecule has 0 radical (unpaired) electrons. The summed E-state index contributed by atoms with van der Waals surface area (Å²) >= 11 is 1.50. The molecule has 0 spiro atoms. The third kappa shape index (κ3) is 4.24. The van der Waals surface area contributed by atoms with E-state index in [1.807, 2.05) is 13.0 Å². The Kier molecular flexibility index (Phi) is 6.41. The normalized spacial score (nSPS) is 16.1. The molecule has 1 aliphatic rings. The Labute approximate surface area is 186 Å². The van der Waals surface area contributed by atoms with Crippen LogP contribution in [-0.4, -0.2) is 36.3 Å². The predicted octanol–water partition coefficient (Wildman–Crippen LogP) is 4.20. The van der Waals surface area contributed by atoms with Crippen LogP contribution in [0.25, 0.3) is 10.2 Å². The summed E-state index contributed by atoms with van der Waals surface area (Å²) in [4.78, 5) is 18.1. The number of piperidine rings is 1. The zero-order chi connectivity index (χ0) is 22.0. The Morgan fingerprint density at radius 1 is 1.03 bits per heavy atom. The molecule has 31 heavy (non-hydrogen) atoms. The van der Waals surface area contributed by atoms with E-state index in [9.17, 15) is 13.2 Å². The summed E-state index contributed by atoms with van der Waals surface area (Å²) in [6, 6.07) is 12.3. The molecule has 3 aromatic rings. The molecule has 0 atom stereocenters. The van der Waals surface area contributed by atoms with Gasteiger partial charge < -0.3 is 4.57 Å². The van der Waals surface area contributed by atoms with Crippen molar-refractivity contribution < 1.29 is 13.2 Å². The van der Waals surface area contributed by atoms with Crippen LogP contribution in [0.2, 0.25) is 0 Å². The number of carbonyl (C=O) groups excluding carboxylic acids is 1. The number of sulfonamides is 1. The topological polar surface area (TPSA) is 71.7 Å². The Bertz CT molecular complexity index is 1270. The highest BCUT2D eigenvalue weighted by Gasteiger charge is 2.26. The zero-order valence-corrected chi connectivity index (χ0v) is 19.5. The van der Waals surface area contributed by atoms with Crippen LogP contribution in [0, 0.1) is 0 Å². The van der Waals surface area contributed by atoms with Gasteiger partial charge in [-0.1, -0.05) is 36.8 Å². The van der Waals surface area contributed by atoms with E-state index in [4.69, 9.17) is 0 Å². The molecule has 2 heterocycles. The van der Waals surface area contributed by atoms with E-state index in [0.29, 0.717) is 23.5 Å². The smallest absolute Gasteiger partial charge is 0.279 e. The van der Waals surface area contributed by atoms with Crippen molar-refractivity contribution in [1.82, 2.24) is 8.87 Å². The average molecular weight is 458 g/mol. The van der Waals surface area contributed by atoms with Gasteiger partial charge in [-0.15, -0.1) is 0 Å². The minimum atomic E-state index is -3.51. The van der Waals surface area contributed by atoms with Crippen molar-refractivity contribution in [2.45, 2.75) is 51.0 Å². The van der Waals surface area contributed by atoms with Crippen LogP contribution in [0.3, 0.4) is 0 Å². The number of benzene rings is 2. The zero-order valence-electron chi connectivity index (χ0n) is 17.9. The second kappa shape index (κ2) is 9.06. The summed E-state index contributed by atoms with van der Waals surface area (Å²) in [7, 11) is -3.51. The van der Waals surface area contributed by atoms with Crippen molar-refractivity contribution in [3.8, 4) is 0 Å². The van der Waals surface area contributed by atoms with E-state index in [1.165, 1.54) is 33.3 Å². The molecule has 0 saturated carbocycles. The molecular formula is C23H27N3O3S2. The fraction of sp³-hybridized carbons (Fsp3) is 0.391. The lowest BCUT2D eigenvalue weighted by atomic mass is 10.1. The van der Waals surface area contributed by atoms with Gasteiger partial charge in [-0.05, 0) is 62.1 Å². The van der Waals surface area contributed by atoms with Gasteiger partial charge in [-0.3, -0.25) is 4.79 Å². The summed E-state index contributed by atoms with van der Waals surface area (Å²) < 4.78 is 30.4. The number of thiazole rings is 1. The largest absolute Gasteiger partial charge is 0.316 e. The monoisotopic (exact) mass is 457 g/mol. The van der Waals surface area contributed by atoms with Crippen LogP contribution in [0.15, 0.2) is 52.4 Å². The van der Waals surface area contributed by atoms with Gasteiger partial charge in [0.1, 0.15) is 0 Å². The lowest BCUT2D eigenvalue weighted by Crippen LogP contribution is -2.35. The third-order valence-corrected chi connectivity index (χ3v) is 8.69. The summed E-state index contributed by atoms with van der Waals surface area (Å²) in [5, 5.41) is 0. The molecule has 0 aliphatic carbocycles. The van der Waals surface area contributed by atoms with Gasteiger partial charge in [0.05, 0.1) is 15.1 Å². The molecule has 0 N–H and O–H groups in total. The number of rotatable bonds is 5. The van der Waals surface area contributed by atoms with Gasteiger partial charge in [-0.2, -0.15) is 9.30 Å².